The Balaban J connectivity index is 1.77. The van der Waals surface area contributed by atoms with Gasteiger partial charge in [0, 0.05) is 44.0 Å². The topological polar surface area (TPSA) is 85.2 Å². The Morgan fingerprint density at radius 3 is 2.64 bits per heavy atom. The molecule has 1 heterocycles. The van der Waals surface area contributed by atoms with Crippen molar-refractivity contribution in [3.63, 3.8) is 0 Å². The highest BCUT2D eigenvalue weighted by molar-refractivity contribution is 9.10. The minimum atomic E-state index is -0.496. The van der Waals surface area contributed by atoms with Gasteiger partial charge in [-0.25, -0.2) is 0 Å². The van der Waals surface area contributed by atoms with Gasteiger partial charge in [0.15, 0.2) is 0 Å². The number of nitrogens with zero attached hydrogens (tertiary/aromatic N) is 3. The first-order valence-corrected chi connectivity index (χ1v) is 9.78. The van der Waals surface area contributed by atoms with E-state index < -0.39 is 10.5 Å². The lowest BCUT2D eigenvalue weighted by molar-refractivity contribution is -0.385. The van der Waals surface area contributed by atoms with E-state index in [1.807, 2.05) is 25.7 Å². The van der Waals surface area contributed by atoms with Crippen LogP contribution in [0.25, 0.3) is 0 Å². The number of hydrogen-bond donors (Lipinski definition) is 0. The molecular formula is C19H26BrN3O5. The normalized spacial score (nSPS) is 15.4. The molecule has 0 saturated carbocycles. The van der Waals surface area contributed by atoms with E-state index in [9.17, 15) is 14.9 Å². The standard InChI is InChI=1S/C19H26BrN3O5/c1-14-12-21(7-8-22(14)13-18(24)28-19(2,3)4)9-10-27-17-6-5-15(23(25)26)11-16(17)20/h5-6,11H,1,7-10,12-13H2,2-4H3. The van der Waals surface area contributed by atoms with E-state index in [0.29, 0.717) is 36.5 Å². The van der Waals surface area contributed by atoms with Crippen LogP contribution in [0.4, 0.5) is 5.69 Å². The Kier molecular flexibility index (Phi) is 7.42. The monoisotopic (exact) mass is 455 g/mol. The zero-order valence-corrected chi connectivity index (χ0v) is 18.0. The van der Waals surface area contributed by atoms with E-state index >= 15 is 0 Å². The van der Waals surface area contributed by atoms with Gasteiger partial charge < -0.3 is 14.4 Å². The fourth-order valence-corrected chi connectivity index (χ4v) is 3.25. The molecule has 0 spiro atoms. The number of non-ortho nitro benzene ring substituents is 1. The third kappa shape index (κ3) is 6.79. The predicted molar refractivity (Wildman–Crippen MR) is 109 cm³/mol. The quantitative estimate of drug-likeness (QED) is 0.354. The Morgan fingerprint density at radius 2 is 2.07 bits per heavy atom. The number of carbonyl (C=O) groups excluding carboxylic acids is 1. The van der Waals surface area contributed by atoms with Crippen molar-refractivity contribution in [3.8, 4) is 5.75 Å². The van der Waals surface area contributed by atoms with Crippen LogP contribution < -0.4 is 4.74 Å². The van der Waals surface area contributed by atoms with Gasteiger partial charge in [0.05, 0.1) is 9.40 Å². The average Bonchev–Trinajstić information content (AvgIpc) is 2.57. The third-order valence-electron chi connectivity index (χ3n) is 4.07. The van der Waals surface area contributed by atoms with E-state index in [2.05, 4.69) is 27.4 Å². The summed E-state index contributed by atoms with van der Waals surface area (Å²) >= 11 is 3.29. The van der Waals surface area contributed by atoms with Crippen LogP contribution in [0.3, 0.4) is 0 Å². The summed E-state index contributed by atoms with van der Waals surface area (Å²) in [7, 11) is 0. The molecule has 0 amide bonds. The molecule has 28 heavy (non-hydrogen) atoms. The fourth-order valence-electron chi connectivity index (χ4n) is 2.77. The molecule has 9 heteroatoms. The van der Waals surface area contributed by atoms with E-state index in [1.54, 1.807) is 6.07 Å². The molecule has 2 rings (SSSR count). The molecule has 1 aliphatic rings. The van der Waals surface area contributed by atoms with Gasteiger partial charge in [-0.2, -0.15) is 0 Å². The van der Waals surface area contributed by atoms with Gasteiger partial charge in [0.1, 0.15) is 24.5 Å². The Bertz CT molecular complexity index is 748. The molecule has 0 aliphatic carbocycles. The first kappa shape index (κ1) is 22.2. The summed E-state index contributed by atoms with van der Waals surface area (Å²) in [5.41, 5.74) is 0.384. The number of carbonyl (C=O) groups is 1. The van der Waals surface area contributed by atoms with Crippen LogP contribution in [-0.2, 0) is 9.53 Å². The summed E-state index contributed by atoms with van der Waals surface area (Å²) in [6.45, 7) is 13.1. The van der Waals surface area contributed by atoms with E-state index in [0.717, 1.165) is 12.2 Å². The molecule has 0 radical (unpaired) electrons. The van der Waals surface area contributed by atoms with E-state index in [-0.39, 0.29) is 18.2 Å². The number of piperazine rings is 1. The van der Waals surface area contributed by atoms with Crippen LogP contribution >= 0.6 is 15.9 Å². The van der Waals surface area contributed by atoms with Crippen LogP contribution in [0.1, 0.15) is 20.8 Å². The summed E-state index contributed by atoms with van der Waals surface area (Å²) in [6, 6.07) is 4.42. The van der Waals surface area contributed by atoms with Gasteiger partial charge >= 0.3 is 5.97 Å². The number of ether oxygens (including phenoxy) is 2. The number of hydrogen-bond acceptors (Lipinski definition) is 7. The van der Waals surface area contributed by atoms with Crippen molar-refractivity contribution in [1.29, 1.82) is 0 Å². The lowest BCUT2D eigenvalue weighted by Gasteiger charge is -2.37. The minimum absolute atomic E-state index is 0.0108. The lowest BCUT2D eigenvalue weighted by Crippen LogP contribution is -2.47. The highest BCUT2D eigenvalue weighted by Crippen LogP contribution is 2.29. The van der Waals surface area contributed by atoms with Gasteiger partial charge in [0.25, 0.3) is 5.69 Å². The number of rotatable bonds is 7. The molecule has 1 aliphatic heterocycles. The van der Waals surface area contributed by atoms with Gasteiger partial charge in [0.2, 0.25) is 0 Å². The average molecular weight is 456 g/mol. The van der Waals surface area contributed by atoms with Crippen molar-refractivity contribution in [2.45, 2.75) is 26.4 Å². The van der Waals surface area contributed by atoms with Crippen molar-refractivity contribution in [2.24, 2.45) is 0 Å². The maximum Gasteiger partial charge on any atom is 0.326 e. The summed E-state index contributed by atoms with van der Waals surface area (Å²) < 4.78 is 11.6. The summed E-state index contributed by atoms with van der Waals surface area (Å²) in [5.74, 6) is 0.307. The Hall–Kier alpha value is -2.13. The van der Waals surface area contributed by atoms with Crippen molar-refractivity contribution < 1.29 is 19.2 Å². The maximum absolute atomic E-state index is 12.0. The van der Waals surface area contributed by atoms with Crippen LogP contribution in [0, 0.1) is 10.1 Å². The molecule has 1 fully saturated rings. The van der Waals surface area contributed by atoms with Crippen molar-refractivity contribution in [3.05, 3.63) is 45.1 Å². The summed E-state index contributed by atoms with van der Waals surface area (Å²) in [5, 5.41) is 10.8. The second-order valence-electron chi connectivity index (χ2n) is 7.57. The predicted octanol–water partition coefficient (Wildman–Crippen LogP) is 3.21. The van der Waals surface area contributed by atoms with Crippen molar-refractivity contribution in [1.82, 2.24) is 9.80 Å². The smallest absolute Gasteiger partial charge is 0.326 e. The molecule has 1 saturated heterocycles. The largest absolute Gasteiger partial charge is 0.491 e. The molecule has 1 aromatic rings. The third-order valence-corrected chi connectivity index (χ3v) is 4.69. The zero-order valence-electron chi connectivity index (χ0n) is 16.4. The molecular weight excluding hydrogens is 430 g/mol. The van der Waals surface area contributed by atoms with Crippen LogP contribution in [-0.4, -0.2) is 65.6 Å². The molecule has 0 bridgehead atoms. The Morgan fingerprint density at radius 1 is 1.36 bits per heavy atom. The molecule has 1 aromatic carbocycles. The summed E-state index contributed by atoms with van der Waals surface area (Å²) in [4.78, 5) is 26.5. The first-order valence-electron chi connectivity index (χ1n) is 8.99. The van der Waals surface area contributed by atoms with Gasteiger partial charge in [-0.3, -0.25) is 19.8 Å². The summed E-state index contributed by atoms with van der Waals surface area (Å²) in [6.07, 6.45) is 0. The van der Waals surface area contributed by atoms with Gasteiger partial charge in [-0.15, -0.1) is 0 Å². The lowest BCUT2D eigenvalue weighted by atomic mass is 10.2. The molecule has 0 aromatic heterocycles. The van der Waals surface area contributed by atoms with Crippen LogP contribution in [0.15, 0.2) is 34.9 Å². The first-order chi connectivity index (χ1) is 13.0. The molecule has 0 unspecified atom stereocenters. The highest BCUT2D eigenvalue weighted by atomic mass is 79.9. The minimum Gasteiger partial charge on any atom is -0.491 e. The van der Waals surface area contributed by atoms with E-state index in [1.165, 1.54) is 12.1 Å². The Labute approximate surface area is 173 Å². The maximum atomic E-state index is 12.0. The van der Waals surface area contributed by atoms with Gasteiger partial charge in [-0.1, -0.05) is 6.58 Å². The number of nitro benzene ring substituents is 1. The highest BCUT2D eigenvalue weighted by Gasteiger charge is 2.24. The second-order valence-corrected chi connectivity index (χ2v) is 8.43. The van der Waals surface area contributed by atoms with Crippen LogP contribution in [0.2, 0.25) is 0 Å². The van der Waals surface area contributed by atoms with Gasteiger partial charge in [-0.05, 0) is 42.8 Å². The fraction of sp³-hybridized carbons (Fsp3) is 0.526. The van der Waals surface area contributed by atoms with Crippen molar-refractivity contribution >= 4 is 27.6 Å². The van der Waals surface area contributed by atoms with E-state index in [4.69, 9.17) is 9.47 Å². The SMILES string of the molecule is C=C1CN(CCOc2ccc([N+](=O)[O-])cc2Br)CCN1CC(=O)OC(C)(C)C. The van der Waals surface area contributed by atoms with Crippen molar-refractivity contribution in [2.75, 3.05) is 39.3 Å². The number of nitro groups is 1. The number of halogens is 1. The molecule has 0 atom stereocenters. The second kappa shape index (κ2) is 9.38. The zero-order chi connectivity index (χ0) is 20.9. The number of esters is 1. The molecule has 0 N–H and O–H groups in total. The van der Waals surface area contributed by atoms with Crippen LogP contribution in [0.5, 0.6) is 5.75 Å². The molecule has 154 valence electrons. The number of benzene rings is 1. The molecule has 8 nitrogen and oxygen atoms in total.